The average Bonchev–Trinajstić information content (AvgIpc) is 2.61. The zero-order valence-electron chi connectivity index (χ0n) is 16.3. The van der Waals surface area contributed by atoms with Gasteiger partial charge >= 0.3 is 0 Å². The first-order chi connectivity index (χ1) is 12.2. The molecular formula is C23H35NO. The molecule has 0 fully saturated rings. The molecule has 0 aromatic heterocycles. The van der Waals surface area contributed by atoms with E-state index in [2.05, 4.69) is 62.5 Å². The molecule has 2 nitrogen and oxygen atoms in total. The Morgan fingerprint density at radius 3 is 2.56 bits per heavy atom. The summed E-state index contributed by atoms with van der Waals surface area (Å²) in [4.78, 5) is 0. The first-order valence-electron chi connectivity index (χ1n) is 10.1. The van der Waals surface area contributed by atoms with Crippen molar-refractivity contribution in [2.75, 3.05) is 13.2 Å². The lowest BCUT2D eigenvalue weighted by atomic mass is 10.0. The summed E-state index contributed by atoms with van der Waals surface area (Å²) >= 11 is 0. The maximum atomic E-state index is 6.13. The van der Waals surface area contributed by atoms with Crippen LogP contribution in [0.2, 0.25) is 0 Å². The van der Waals surface area contributed by atoms with Crippen LogP contribution in [0, 0.1) is 5.92 Å². The minimum Gasteiger partial charge on any atom is -0.493 e. The Morgan fingerprint density at radius 1 is 0.960 bits per heavy atom. The molecule has 0 aliphatic rings. The van der Waals surface area contributed by atoms with E-state index in [1.807, 2.05) is 0 Å². The molecule has 0 aliphatic carbocycles. The van der Waals surface area contributed by atoms with Gasteiger partial charge in [0.25, 0.3) is 0 Å². The summed E-state index contributed by atoms with van der Waals surface area (Å²) in [5, 5.41) is 6.23. The number of hydrogen-bond acceptors (Lipinski definition) is 2. The average molecular weight is 342 g/mol. The van der Waals surface area contributed by atoms with Crippen LogP contribution in [0.3, 0.4) is 0 Å². The molecule has 138 valence electrons. The van der Waals surface area contributed by atoms with Crippen LogP contribution in [-0.4, -0.2) is 13.2 Å². The Bertz CT molecular complexity index is 621. The quantitative estimate of drug-likeness (QED) is 0.456. The van der Waals surface area contributed by atoms with Gasteiger partial charge in [-0.05, 0) is 42.1 Å². The third-order valence-corrected chi connectivity index (χ3v) is 4.71. The number of unbranched alkanes of at least 4 members (excludes halogenated alkanes) is 4. The molecule has 2 heteroatoms. The van der Waals surface area contributed by atoms with Crippen molar-refractivity contribution >= 4 is 10.8 Å². The smallest absolute Gasteiger partial charge is 0.124 e. The van der Waals surface area contributed by atoms with Crippen molar-refractivity contribution < 1.29 is 4.74 Å². The van der Waals surface area contributed by atoms with E-state index in [4.69, 9.17) is 4.74 Å². The molecule has 0 heterocycles. The lowest BCUT2D eigenvalue weighted by Crippen LogP contribution is -2.16. The summed E-state index contributed by atoms with van der Waals surface area (Å²) in [6.45, 7) is 9.50. The number of rotatable bonds is 12. The molecule has 0 unspecified atom stereocenters. The highest BCUT2D eigenvalue weighted by molar-refractivity contribution is 5.87. The second-order valence-electron chi connectivity index (χ2n) is 7.39. The Balaban J connectivity index is 1.98. The standard InChI is InChI=1S/C23H35NO/c1-4-5-6-7-10-16-24-18-22-21-12-9-8-11-20(21)13-14-23(22)25-17-15-19(2)3/h8-9,11-14,19,24H,4-7,10,15-18H2,1-3H3. The summed E-state index contributed by atoms with van der Waals surface area (Å²) in [7, 11) is 0. The maximum absolute atomic E-state index is 6.13. The monoisotopic (exact) mass is 341 g/mol. The fraction of sp³-hybridized carbons (Fsp3) is 0.565. The van der Waals surface area contributed by atoms with Gasteiger partial charge in [-0.25, -0.2) is 0 Å². The van der Waals surface area contributed by atoms with Crippen molar-refractivity contribution in [2.45, 2.75) is 65.8 Å². The van der Waals surface area contributed by atoms with Gasteiger partial charge in [-0.3, -0.25) is 0 Å². The maximum Gasteiger partial charge on any atom is 0.124 e. The Hall–Kier alpha value is -1.54. The Kier molecular flexibility index (Phi) is 8.82. The summed E-state index contributed by atoms with van der Waals surface area (Å²) < 4.78 is 6.13. The van der Waals surface area contributed by atoms with E-state index in [0.29, 0.717) is 5.92 Å². The number of nitrogens with one attached hydrogen (secondary N) is 1. The van der Waals surface area contributed by atoms with E-state index in [0.717, 1.165) is 31.9 Å². The molecule has 1 N–H and O–H groups in total. The fourth-order valence-electron chi connectivity index (χ4n) is 3.11. The van der Waals surface area contributed by atoms with Gasteiger partial charge in [0.1, 0.15) is 5.75 Å². The zero-order valence-corrected chi connectivity index (χ0v) is 16.3. The molecule has 2 aromatic rings. The van der Waals surface area contributed by atoms with E-state index >= 15 is 0 Å². The van der Waals surface area contributed by atoms with Crippen LogP contribution in [0.1, 0.15) is 64.9 Å². The SMILES string of the molecule is CCCCCCCNCc1c(OCCC(C)C)ccc2ccccc12. The highest BCUT2D eigenvalue weighted by Gasteiger charge is 2.09. The number of hydrogen-bond donors (Lipinski definition) is 1. The molecule has 0 spiro atoms. The van der Waals surface area contributed by atoms with Crippen molar-refractivity contribution in [3.8, 4) is 5.75 Å². The van der Waals surface area contributed by atoms with Crippen LogP contribution in [0.4, 0.5) is 0 Å². The molecule has 2 rings (SSSR count). The van der Waals surface area contributed by atoms with Gasteiger partial charge in [0, 0.05) is 12.1 Å². The molecule has 0 saturated heterocycles. The summed E-state index contributed by atoms with van der Waals surface area (Å²) in [6.07, 6.45) is 7.70. The fourth-order valence-corrected chi connectivity index (χ4v) is 3.11. The first kappa shape index (κ1) is 19.8. The van der Waals surface area contributed by atoms with Crippen LogP contribution in [0.15, 0.2) is 36.4 Å². The Morgan fingerprint density at radius 2 is 1.76 bits per heavy atom. The Labute approximate surface area is 154 Å². The van der Waals surface area contributed by atoms with Crippen LogP contribution in [-0.2, 0) is 6.54 Å². The molecule has 0 amide bonds. The summed E-state index contributed by atoms with van der Waals surface area (Å²) in [6, 6.07) is 12.9. The summed E-state index contributed by atoms with van der Waals surface area (Å²) in [5.74, 6) is 1.71. The molecular weight excluding hydrogens is 306 g/mol. The second-order valence-corrected chi connectivity index (χ2v) is 7.39. The molecule has 0 atom stereocenters. The second kappa shape index (κ2) is 11.1. The minimum absolute atomic E-state index is 0.671. The third kappa shape index (κ3) is 6.70. The highest BCUT2D eigenvalue weighted by atomic mass is 16.5. The molecule has 2 aromatic carbocycles. The van der Waals surface area contributed by atoms with Crippen LogP contribution in [0.25, 0.3) is 10.8 Å². The van der Waals surface area contributed by atoms with E-state index in [9.17, 15) is 0 Å². The van der Waals surface area contributed by atoms with Gasteiger partial charge in [-0.1, -0.05) is 76.8 Å². The highest BCUT2D eigenvalue weighted by Crippen LogP contribution is 2.28. The topological polar surface area (TPSA) is 21.3 Å². The van der Waals surface area contributed by atoms with E-state index in [1.54, 1.807) is 0 Å². The van der Waals surface area contributed by atoms with Crippen LogP contribution >= 0.6 is 0 Å². The van der Waals surface area contributed by atoms with Gasteiger partial charge in [-0.15, -0.1) is 0 Å². The molecule has 0 radical (unpaired) electrons. The first-order valence-corrected chi connectivity index (χ1v) is 10.1. The van der Waals surface area contributed by atoms with Crippen LogP contribution in [0.5, 0.6) is 5.75 Å². The van der Waals surface area contributed by atoms with Crippen molar-refractivity contribution in [2.24, 2.45) is 5.92 Å². The molecule has 0 saturated carbocycles. The zero-order chi connectivity index (χ0) is 17.9. The van der Waals surface area contributed by atoms with Crippen molar-refractivity contribution in [1.82, 2.24) is 5.32 Å². The summed E-state index contributed by atoms with van der Waals surface area (Å²) in [5.41, 5.74) is 1.30. The van der Waals surface area contributed by atoms with Gasteiger partial charge in [0.15, 0.2) is 0 Å². The number of fused-ring (bicyclic) bond motifs is 1. The number of benzene rings is 2. The largest absolute Gasteiger partial charge is 0.493 e. The van der Waals surface area contributed by atoms with Gasteiger partial charge in [-0.2, -0.15) is 0 Å². The van der Waals surface area contributed by atoms with Crippen molar-refractivity contribution in [1.29, 1.82) is 0 Å². The predicted octanol–water partition coefficient (Wildman–Crippen LogP) is 6.32. The lowest BCUT2D eigenvalue weighted by molar-refractivity contribution is 0.287. The van der Waals surface area contributed by atoms with Gasteiger partial charge < -0.3 is 10.1 Å². The molecule has 0 aliphatic heterocycles. The molecule has 25 heavy (non-hydrogen) atoms. The van der Waals surface area contributed by atoms with Crippen LogP contribution < -0.4 is 10.1 Å². The van der Waals surface area contributed by atoms with Crippen molar-refractivity contribution in [3.63, 3.8) is 0 Å². The third-order valence-electron chi connectivity index (χ3n) is 4.71. The van der Waals surface area contributed by atoms with E-state index < -0.39 is 0 Å². The number of ether oxygens (including phenoxy) is 1. The predicted molar refractivity (Wildman–Crippen MR) is 109 cm³/mol. The minimum atomic E-state index is 0.671. The van der Waals surface area contributed by atoms with E-state index in [1.165, 1.54) is 48.4 Å². The molecule has 0 bridgehead atoms. The van der Waals surface area contributed by atoms with Gasteiger partial charge in [0.05, 0.1) is 6.61 Å². The van der Waals surface area contributed by atoms with E-state index in [-0.39, 0.29) is 0 Å². The van der Waals surface area contributed by atoms with Crippen molar-refractivity contribution in [3.05, 3.63) is 42.0 Å². The normalized spacial score (nSPS) is 11.4. The van der Waals surface area contributed by atoms with Gasteiger partial charge in [0.2, 0.25) is 0 Å². The lowest BCUT2D eigenvalue weighted by Gasteiger charge is -2.16.